The summed E-state index contributed by atoms with van der Waals surface area (Å²) < 4.78 is 15.8. The molecule has 0 aromatic carbocycles. The fraction of sp³-hybridized carbons (Fsp3) is 0.882. The Labute approximate surface area is 139 Å². The molecule has 1 N–H and O–H groups in total. The van der Waals surface area contributed by atoms with E-state index in [0.29, 0.717) is 58.3 Å². The Morgan fingerprint density at radius 1 is 0.913 bits per heavy atom. The van der Waals surface area contributed by atoms with Crippen LogP contribution in [0.15, 0.2) is 0 Å². The van der Waals surface area contributed by atoms with Crippen LogP contribution in [0, 0.1) is 5.92 Å². The minimum absolute atomic E-state index is 0.00588. The molecule has 23 heavy (non-hydrogen) atoms. The summed E-state index contributed by atoms with van der Waals surface area (Å²) in [5.41, 5.74) is 0. The predicted octanol–water partition coefficient (Wildman–Crippen LogP) is 1.71. The highest BCUT2D eigenvalue weighted by atomic mass is 16.5. The van der Waals surface area contributed by atoms with Crippen molar-refractivity contribution in [1.82, 2.24) is 5.32 Å². The topological polar surface area (TPSA) is 73.9 Å². The van der Waals surface area contributed by atoms with Crippen LogP contribution < -0.4 is 5.32 Å². The zero-order valence-electron chi connectivity index (χ0n) is 14.5. The summed E-state index contributed by atoms with van der Waals surface area (Å²) in [7, 11) is 0. The number of ketones is 1. The maximum atomic E-state index is 11.7. The van der Waals surface area contributed by atoms with Gasteiger partial charge in [-0.25, -0.2) is 0 Å². The van der Waals surface area contributed by atoms with E-state index in [2.05, 4.69) is 5.32 Å². The van der Waals surface area contributed by atoms with Crippen molar-refractivity contribution in [2.45, 2.75) is 52.0 Å². The Morgan fingerprint density at radius 3 is 2.13 bits per heavy atom. The lowest BCUT2D eigenvalue weighted by atomic mass is 9.76. The van der Waals surface area contributed by atoms with E-state index in [1.165, 1.54) is 0 Å². The summed E-state index contributed by atoms with van der Waals surface area (Å²) in [6.45, 7) is 7.21. The third-order valence-corrected chi connectivity index (χ3v) is 3.88. The summed E-state index contributed by atoms with van der Waals surface area (Å²) in [4.78, 5) is 23.4. The molecule has 0 spiro atoms. The standard InChI is InChI=1S/C17H31NO5/c1-3-5-16(19)14-12-15(13-14)18-17(20)6-7-22-10-11-23-9-8-21-4-2/h14-15H,3-13H2,1-2H3,(H,18,20). The number of hydrogen-bond donors (Lipinski definition) is 1. The first-order valence-electron chi connectivity index (χ1n) is 8.72. The Kier molecular flexibility index (Phi) is 10.9. The molecule has 0 atom stereocenters. The second-order valence-electron chi connectivity index (χ2n) is 5.82. The van der Waals surface area contributed by atoms with Gasteiger partial charge in [-0.2, -0.15) is 0 Å². The third-order valence-electron chi connectivity index (χ3n) is 3.88. The lowest BCUT2D eigenvalue weighted by molar-refractivity contribution is -0.129. The number of hydrogen-bond acceptors (Lipinski definition) is 5. The summed E-state index contributed by atoms with van der Waals surface area (Å²) in [6, 6.07) is 0.162. The van der Waals surface area contributed by atoms with Crippen molar-refractivity contribution in [3.05, 3.63) is 0 Å². The van der Waals surface area contributed by atoms with Gasteiger partial charge in [0.05, 0.1) is 33.0 Å². The molecule has 0 aliphatic heterocycles. The number of amides is 1. The molecule has 0 heterocycles. The van der Waals surface area contributed by atoms with Crippen molar-refractivity contribution in [2.75, 3.05) is 39.6 Å². The van der Waals surface area contributed by atoms with Crippen LogP contribution in [0.3, 0.4) is 0 Å². The predicted molar refractivity (Wildman–Crippen MR) is 87.3 cm³/mol. The van der Waals surface area contributed by atoms with Crippen molar-refractivity contribution in [3.63, 3.8) is 0 Å². The van der Waals surface area contributed by atoms with E-state index < -0.39 is 0 Å². The Balaban J connectivity index is 1.89. The molecule has 1 aliphatic rings. The van der Waals surface area contributed by atoms with Gasteiger partial charge in [0.25, 0.3) is 0 Å². The molecule has 1 aliphatic carbocycles. The molecule has 1 amide bonds. The lowest BCUT2D eigenvalue weighted by Crippen LogP contribution is -2.46. The molecule has 1 saturated carbocycles. The quantitative estimate of drug-likeness (QED) is 0.491. The first-order valence-corrected chi connectivity index (χ1v) is 8.72. The van der Waals surface area contributed by atoms with Gasteiger partial charge in [0.1, 0.15) is 5.78 Å². The van der Waals surface area contributed by atoms with Gasteiger partial charge >= 0.3 is 0 Å². The highest BCUT2D eigenvalue weighted by Gasteiger charge is 2.34. The third kappa shape index (κ3) is 9.03. The van der Waals surface area contributed by atoms with Gasteiger partial charge in [0, 0.05) is 31.4 Å². The lowest BCUT2D eigenvalue weighted by Gasteiger charge is -2.34. The van der Waals surface area contributed by atoms with Gasteiger partial charge in [-0.3, -0.25) is 9.59 Å². The average molecular weight is 329 g/mol. The molecular formula is C17H31NO5. The van der Waals surface area contributed by atoms with E-state index in [9.17, 15) is 9.59 Å². The molecule has 0 bridgehead atoms. The SMILES string of the molecule is CCCC(=O)C1CC(NC(=O)CCOCCOCCOCC)C1. The van der Waals surface area contributed by atoms with Gasteiger partial charge < -0.3 is 19.5 Å². The minimum Gasteiger partial charge on any atom is -0.379 e. The maximum absolute atomic E-state index is 11.7. The number of nitrogens with one attached hydrogen (secondary N) is 1. The van der Waals surface area contributed by atoms with Crippen LogP contribution in [0.5, 0.6) is 0 Å². The zero-order chi connectivity index (χ0) is 16.9. The van der Waals surface area contributed by atoms with Crippen LogP contribution in [0.4, 0.5) is 0 Å². The smallest absolute Gasteiger partial charge is 0.222 e. The van der Waals surface area contributed by atoms with E-state index >= 15 is 0 Å². The van der Waals surface area contributed by atoms with Crippen LogP contribution >= 0.6 is 0 Å². The molecule has 6 heteroatoms. The monoisotopic (exact) mass is 329 g/mol. The second-order valence-corrected chi connectivity index (χ2v) is 5.82. The van der Waals surface area contributed by atoms with Crippen LogP contribution in [0.2, 0.25) is 0 Å². The Hall–Kier alpha value is -0.980. The number of carbonyl (C=O) groups is 2. The second kappa shape index (κ2) is 12.4. The highest BCUT2D eigenvalue weighted by Crippen LogP contribution is 2.29. The maximum Gasteiger partial charge on any atom is 0.222 e. The number of ether oxygens (including phenoxy) is 3. The molecule has 134 valence electrons. The Morgan fingerprint density at radius 2 is 1.52 bits per heavy atom. The van der Waals surface area contributed by atoms with E-state index in [1.807, 2.05) is 13.8 Å². The minimum atomic E-state index is -0.00588. The molecule has 0 unspecified atom stereocenters. The van der Waals surface area contributed by atoms with Crippen molar-refractivity contribution >= 4 is 11.7 Å². The average Bonchev–Trinajstić information content (AvgIpc) is 2.49. The van der Waals surface area contributed by atoms with E-state index in [4.69, 9.17) is 14.2 Å². The fourth-order valence-electron chi connectivity index (χ4n) is 2.50. The number of Topliss-reactive ketones (excluding diaryl/α,β-unsaturated/α-hetero) is 1. The largest absolute Gasteiger partial charge is 0.379 e. The van der Waals surface area contributed by atoms with Crippen molar-refractivity contribution in [2.24, 2.45) is 5.92 Å². The number of carbonyl (C=O) groups excluding carboxylic acids is 2. The van der Waals surface area contributed by atoms with Gasteiger partial charge in [-0.05, 0) is 26.2 Å². The normalized spacial score (nSPS) is 20.1. The molecule has 0 saturated heterocycles. The highest BCUT2D eigenvalue weighted by molar-refractivity contribution is 5.82. The van der Waals surface area contributed by atoms with Gasteiger partial charge in [-0.15, -0.1) is 0 Å². The van der Waals surface area contributed by atoms with Crippen LogP contribution in [0.1, 0.15) is 46.0 Å². The van der Waals surface area contributed by atoms with Crippen LogP contribution in [0.25, 0.3) is 0 Å². The molecule has 1 rings (SSSR count). The molecule has 1 fully saturated rings. The first-order chi connectivity index (χ1) is 11.2. The zero-order valence-corrected chi connectivity index (χ0v) is 14.5. The van der Waals surface area contributed by atoms with Gasteiger partial charge in [0.2, 0.25) is 5.91 Å². The molecule has 0 radical (unpaired) electrons. The van der Waals surface area contributed by atoms with E-state index in [0.717, 1.165) is 19.3 Å². The van der Waals surface area contributed by atoms with Crippen LogP contribution in [-0.4, -0.2) is 57.4 Å². The molecule has 6 nitrogen and oxygen atoms in total. The summed E-state index contributed by atoms with van der Waals surface area (Å²) in [5.74, 6) is 0.490. The van der Waals surface area contributed by atoms with Gasteiger partial charge in [0.15, 0.2) is 0 Å². The Bertz CT molecular complexity index is 342. The van der Waals surface area contributed by atoms with Crippen molar-refractivity contribution < 1.29 is 23.8 Å². The van der Waals surface area contributed by atoms with Gasteiger partial charge in [-0.1, -0.05) is 6.92 Å². The van der Waals surface area contributed by atoms with Crippen molar-refractivity contribution in [1.29, 1.82) is 0 Å². The molecular weight excluding hydrogens is 298 g/mol. The first kappa shape index (κ1) is 20.1. The summed E-state index contributed by atoms with van der Waals surface area (Å²) in [5, 5.41) is 2.95. The molecule has 0 aromatic heterocycles. The summed E-state index contributed by atoms with van der Waals surface area (Å²) >= 11 is 0. The van der Waals surface area contributed by atoms with Crippen molar-refractivity contribution in [3.8, 4) is 0 Å². The summed E-state index contributed by atoms with van der Waals surface area (Å²) in [6.07, 6.45) is 3.49. The van der Waals surface area contributed by atoms with E-state index in [-0.39, 0.29) is 17.9 Å². The fourth-order valence-corrected chi connectivity index (χ4v) is 2.50. The van der Waals surface area contributed by atoms with Crippen LogP contribution in [-0.2, 0) is 23.8 Å². The number of rotatable bonds is 14. The molecule has 0 aromatic rings. The van der Waals surface area contributed by atoms with E-state index in [1.54, 1.807) is 0 Å².